The summed E-state index contributed by atoms with van der Waals surface area (Å²) in [5, 5.41) is 12.8. The molecule has 3 amide bonds. The molecule has 8 heteroatoms. The Morgan fingerprint density at radius 1 is 1.00 bits per heavy atom. The van der Waals surface area contributed by atoms with Gasteiger partial charge in [0.25, 0.3) is 17.7 Å². The van der Waals surface area contributed by atoms with Crippen LogP contribution < -0.4 is 15.0 Å². The number of amides is 3. The van der Waals surface area contributed by atoms with E-state index in [-0.39, 0.29) is 28.1 Å². The smallest absolute Gasteiger partial charge is 0.266 e. The Hall–Kier alpha value is -3.84. The highest BCUT2D eigenvalue weighted by Crippen LogP contribution is 2.31. The van der Waals surface area contributed by atoms with Gasteiger partial charge in [0, 0.05) is 10.6 Å². The Morgan fingerprint density at radius 3 is 2.42 bits per heavy atom. The zero-order valence-electron chi connectivity index (χ0n) is 16.4. The van der Waals surface area contributed by atoms with Gasteiger partial charge >= 0.3 is 0 Å². The van der Waals surface area contributed by atoms with Gasteiger partial charge in [-0.2, -0.15) is 0 Å². The lowest BCUT2D eigenvalue weighted by atomic mass is 10.1. The molecule has 1 heterocycles. The molecule has 31 heavy (non-hydrogen) atoms. The number of nitrogens with zero attached hydrogens (tertiary/aromatic N) is 1. The summed E-state index contributed by atoms with van der Waals surface area (Å²) in [5.41, 5.74) is 1.04. The lowest BCUT2D eigenvalue weighted by Gasteiger charge is -2.14. The van der Waals surface area contributed by atoms with Crippen molar-refractivity contribution in [3.05, 3.63) is 82.4 Å². The van der Waals surface area contributed by atoms with Crippen molar-refractivity contribution >= 4 is 40.7 Å². The SMILES string of the molecule is CCOc1ccc(N2C(=O)c3ccc(C(=O)Nc4cc(Cl)ccc4O)cc3C2=O)cc1. The summed E-state index contributed by atoms with van der Waals surface area (Å²) < 4.78 is 5.39. The summed E-state index contributed by atoms with van der Waals surface area (Å²) in [6, 6.07) is 15.1. The second-order valence-electron chi connectivity index (χ2n) is 6.75. The number of benzene rings is 3. The molecule has 1 aliphatic heterocycles. The van der Waals surface area contributed by atoms with E-state index in [4.69, 9.17) is 16.3 Å². The molecule has 0 atom stereocenters. The van der Waals surface area contributed by atoms with Crippen LogP contribution in [0, 0.1) is 0 Å². The molecule has 0 unspecified atom stereocenters. The summed E-state index contributed by atoms with van der Waals surface area (Å²) in [5.74, 6) is -1.06. The number of halogens is 1. The van der Waals surface area contributed by atoms with Crippen molar-refractivity contribution in [3.8, 4) is 11.5 Å². The molecule has 156 valence electrons. The van der Waals surface area contributed by atoms with E-state index in [1.807, 2.05) is 6.92 Å². The topological polar surface area (TPSA) is 95.9 Å². The fourth-order valence-electron chi connectivity index (χ4n) is 3.28. The van der Waals surface area contributed by atoms with Crippen molar-refractivity contribution in [1.29, 1.82) is 0 Å². The minimum Gasteiger partial charge on any atom is -0.506 e. The largest absolute Gasteiger partial charge is 0.506 e. The molecule has 3 aromatic rings. The number of phenols is 1. The van der Waals surface area contributed by atoms with Gasteiger partial charge in [0.15, 0.2) is 0 Å². The molecular weight excluding hydrogens is 420 g/mol. The van der Waals surface area contributed by atoms with Gasteiger partial charge in [-0.25, -0.2) is 4.90 Å². The Balaban J connectivity index is 1.60. The number of fused-ring (bicyclic) bond motifs is 1. The van der Waals surface area contributed by atoms with E-state index < -0.39 is 17.7 Å². The van der Waals surface area contributed by atoms with Crippen molar-refractivity contribution in [2.75, 3.05) is 16.8 Å². The van der Waals surface area contributed by atoms with Crippen molar-refractivity contribution < 1.29 is 24.2 Å². The first-order valence-corrected chi connectivity index (χ1v) is 9.82. The van der Waals surface area contributed by atoms with Crippen LogP contribution in [0.3, 0.4) is 0 Å². The fraction of sp³-hybridized carbons (Fsp3) is 0.0870. The first kappa shape index (κ1) is 20.4. The van der Waals surface area contributed by atoms with Gasteiger partial charge in [-0.1, -0.05) is 11.6 Å². The maximum atomic E-state index is 12.9. The van der Waals surface area contributed by atoms with E-state index in [2.05, 4.69) is 5.32 Å². The van der Waals surface area contributed by atoms with Crippen molar-refractivity contribution in [2.45, 2.75) is 6.92 Å². The normalized spacial score (nSPS) is 12.6. The van der Waals surface area contributed by atoms with Crippen LogP contribution in [0.5, 0.6) is 11.5 Å². The van der Waals surface area contributed by atoms with Crippen molar-refractivity contribution in [1.82, 2.24) is 0 Å². The monoisotopic (exact) mass is 436 g/mol. The number of ether oxygens (including phenoxy) is 1. The second-order valence-corrected chi connectivity index (χ2v) is 7.19. The number of aromatic hydroxyl groups is 1. The van der Waals surface area contributed by atoms with Crippen LogP contribution in [0.1, 0.15) is 38.0 Å². The lowest BCUT2D eigenvalue weighted by Crippen LogP contribution is -2.29. The Kier molecular flexibility index (Phi) is 5.35. The molecule has 0 aromatic heterocycles. The highest BCUT2D eigenvalue weighted by molar-refractivity contribution is 6.35. The first-order valence-electron chi connectivity index (χ1n) is 9.44. The van der Waals surface area contributed by atoms with Crippen LogP contribution in [0.25, 0.3) is 0 Å². The molecule has 4 rings (SSSR count). The number of carbonyl (C=O) groups excluding carboxylic acids is 3. The lowest BCUT2D eigenvalue weighted by molar-refractivity contribution is 0.0925. The number of nitrogens with one attached hydrogen (secondary N) is 1. The number of anilines is 2. The standard InChI is InChI=1S/C23H17ClN2O5/c1-2-31-16-7-5-15(6-8-16)26-22(29)17-9-3-13(11-18(17)23(26)30)21(28)25-19-12-14(24)4-10-20(19)27/h3-12,27H,2H2,1H3,(H,25,28). The molecule has 1 aliphatic rings. The number of rotatable bonds is 5. The van der Waals surface area contributed by atoms with E-state index in [0.29, 0.717) is 23.1 Å². The van der Waals surface area contributed by atoms with Crippen molar-refractivity contribution in [3.63, 3.8) is 0 Å². The van der Waals surface area contributed by atoms with Gasteiger partial charge in [-0.05, 0) is 67.6 Å². The van der Waals surface area contributed by atoms with Gasteiger partial charge in [0.05, 0.1) is 29.1 Å². The van der Waals surface area contributed by atoms with Crippen LogP contribution in [0.4, 0.5) is 11.4 Å². The highest BCUT2D eigenvalue weighted by Gasteiger charge is 2.37. The molecule has 0 bridgehead atoms. The molecule has 3 aromatic carbocycles. The summed E-state index contributed by atoms with van der Waals surface area (Å²) in [4.78, 5) is 39.4. The predicted molar refractivity (Wildman–Crippen MR) is 116 cm³/mol. The molecule has 0 fully saturated rings. The van der Waals surface area contributed by atoms with Crippen LogP contribution in [0.15, 0.2) is 60.7 Å². The summed E-state index contributed by atoms with van der Waals surface area (Å²) in [7, 11) is 0. The van der Waals surface area contributed by atoms with Crippen LogP contribution >= 0.6 is 11.6 Å². The molecule has 2 N–H and O–H groups in total. The number of hydrogen-bond donors (Lipinski definition) is 2. The van der Waals surface area contributed by atoms with E-state index in [9.17, 15) is 19.5 Å². The van der Waals surface area contributed by atoms with E-state index >= 15 is 0 Å². The Labute approximate surface area is 182 Å². The van der Waals surface area contributed by atoms with Crippen molar-refractivity contribution in [2.24, 2.45) is 0 Å². The Morgan fingerprint density at radius 2 is 1.71 bits per heavy atom. The summed E-state index contributed by atoms with van der Waals surface area (Å²) in [6.45, 7) is 2.36. The third-order valence-electron chi connectivity index (χ3n) is 4.76. The highest BCUT2D eigenvalue weighted by atomic mass is 35.5. The van der Waals surface area contributed by atoms with Gasteiger partial charge in [0.2, 0.25) is 0 Å². The predicted octanol–water partition coefficient (Wildman–Crippen LogP) is 4.50. The zero-order valence-corrected chi connectivity index (χ0v) is 17.1. The maximum Gasteiger partial charge on any atom is 0.266 e. The minimum atomic E-state index is -0.555. The molecule has 0 radical (unpaired) electrons. The Bertz CT molecular complexity index is 1210. The second kappa shape index (κ2) is 8.12. The average Bonchev–Trinajstić information content (AvgIpc) is 3.01. The quantitative estimate of drug-likeness (QED) is 0.453. The first-order chi connectivity index (χ1) is 14.9. The van der Waals surface area contributed by atoms with Gasteiger partial charge < -0.3 is 15.2 Å². The third kappa shape index (κ3) is 3.83. The van der Waals surface area contributed by atoms with Crippen LogP contribution in [-0.2, 0) is 0 Å². The molecule has 7 nitrogen and oxygen atoms in total. The summed E-state index contributed by atoms with van der Waals surface area (Å²) >= 11 is 5.90. The maximum absolute atomic E-state index is 12.9. The zero-order chi connectivity index (χ0) is 22.1. The van der Waals surface area contributed by atoms with Crippen LogP contribution in [-0.4, -0.2) is 29.4 Å². The van der Waals surface area contributed by atoms with Crippen LogP contribution in [0.2, 0.25) is 5.02 Å². The molecule has 0 saturated carbocycles. The van der Waals surface area contributed by atoms with Gasteiger partial charge in [-0.3, -0.25) is 14.4 Å². The van der Waals surface area contributed by atoms with Gasteiger partial charge in [-0.15, -0.1) is 0 Å². The third-order valence-corrected chi connectivity index (χ3v) is 5.00. The number of imide groups is 1. The van der Waals surface area contributed by atoms with Gasteiger partial charge in [0.1, 0.15) is 11.5 Å². The molecule has 0 spiro atoms. The molecular formula is C23H17ClN2O5. The number of phenolic OH excluding ortho intramolecular Hbond substituents is 1. The van der Waals surface area contributed by atoms with E-state index in [1.165, 1.54) is 36.4 Å². The fourth-order valence-corrected chi connectivity index (χ4v) is 3.45. The average molecular weight is 437 g/mol. The minimum absolute atomic E-state index is 0.127. The van der Waals surface area contributed by atoms with E-state index in [0.717, 1.165) is 4.90 Å². The van der Waals surface area contributed by atoms with E-state index in [1.54, 1.807) is 24.3 Å². The molecule has 0 saturated heterocycles. The molecule has 0 aliphatic carbocycles. The number of hydrogen-bond acceptors (Lipinski definition) is 5. The summed E-state index contributed by atoms with van der Waals surface area (Å²) in [6.07, 6.45) is 0. The number of carbonyl (C=O) groups is 3.